The van der Waals surface area contributed by atoms with Crippen LogP contribution in [0.25, 0.3) is 0 Å². The highest BCUT2D eigenvalue weighted by atomic mass is 16.6. The molecule has 2 saturated heterocycles. The maximum atomic E-state index is 12.1. The summed E-state index contributed by atoms with van der Waals surface area (Å²) in [6, 6.07) is 11.3. The Balaban J connectivity index is 1.55. The number of nitrogens with zero attached hydrogens (tertiary/aromatic N) is 2. The van der Waals surface area contributed by atoms with Gasteiger partial charge in [0.05, 0.1) is 0 Å². The zero-order valence-electron chi connectivity index (χ0n) is 15.2. The van der Waals surface area contributed by atoms with E-state index in [-0.39, 0.29) is 6.09 Å². The molecule has 2 aliphatic rings. The maximum absolute atomic E-state index is 12.1. The molecular weight excluding hydrogens is 300 g/mol. The molecule has 2 aliphatic heterocycles. The lowest BCUT2D eigenvalue weighted by Crippen LogP contribution is -2.59. The van der Waals surface area contributed by atoms with E-state index in [1.807, 2.05) is 25.7 Å². The van der Waals surface area contributed by atoms with Crippen LogP contribution in [0, 0.1) is 5.92 Å². The Morgan fingerprint density at radius 2 is 1.88 bits per heavy atom. The number of hydrogen-bond donors (Lipinski definition) is 0. The highest BCUT2D eigenvalue weighted by Gasteiger charge is 2.40. The van der Waals surface area contributed by atoms with E-state index >= 15 is 0 Å². The second-order valence-corrected chi connectivity index (χ2v) is 8.16. The van der Waals surface area contributed by atoms with Crippen LogP contribution in [0.15, 0.2) is 30.3 Å². The third kappa shape index (κ3) is 4.29. The quantitative estimate of drug-likeness (QED) is 0.842. The molecule has 0 N–H and O–H groups in total. The summed E-state index contributed by atoms with van der Waals surface area (Å²) in [5.74, 6) is 0.585. The van der Waals surface area contributed by atoms with Crippen LogP contribution in [-0.4, -0.2) is 47.2 Å². The third-order valence-corrected chi connectivity index (χ3v) is 5.00. The van der Waals surface area contributed by atoms with Crippen LogP contribution in [0.2, 0.25) is 0 Å². The average Bonchev–Trinajstić information content (AvgIpc) is 2.47. The van der Waals surface area contributed by atoms with Crippen molar-refractivity contribution < 1.29 is 9.53 Å². The summed E-state index contributed by atoms with van der Waals surface area (Å²) < 4.78 is 5.47. The van der Waals surface area contributed by atoms with Crippen LogP contribution in [0.3, 0.4) is 0 Å². The molecule has 1 aromatic carbocycles. The van der Waals surface area contributed by atoms with Gasteiger partial charge in [-0.25, -0.2) is 4.79 Å². The molecule has 3 rings (SSSR count). The molecule has 2 fully saturated rings. The molecule has 0 aromatic heterocycles. The normalized spacial score (nSPS) is 23.0. The second-order valence-electron chi connectivity index (χ2n) is 8.16. The van der Waals surface area contributed by atoms with Crippen LogP contribution < -0.4 is 0 Å². The zero-order chi connectivity index (χ0) is 17.2. The molecule has 0 saturated carbocycles. The minimum atomic E-state index is -0.410. The Bertz CT molecular complexity index is 547. The molecule has 0 radical (unpaired) electrons. The van der Waals surface area contributed by atoms with Crippen molar-refractivity contribution in [1.82, 2.24) is 9.80 Å². The van der Waals surface area contributed by atoms with E-state index < -0.39 is 5.60 Å². The number of ether oxygens (including phenoxy) is 1. The number of carbonyl (C=O) groups excluding carboxylic acids is 1. The SMILES string of the molecule is CC(C)(C)OC(=O)N1CC(C2CCCCN2Cc2ccccc2)C1. The van der Waals surface area contributed by atoms with Gasteiger partial charge in [-0.15, -0.1) is 0 Å². The van der Waals surface area contributed by atoms with E-state index in [9.17, 15) is 4.79 Å². The highest BCUT2D eigenvalue weighted by molar-refractivity contribution is 5.69. The second kappa shape index (κ2) is 7.14. The Labute approximate surface area is 145 Å². The molecule has 1 atom stereocenters. The van der Waals surface area contributed by atoms with E-state index in [4.69, 9.17) is 4.74 Å². The molecular formula is C20H30N2O2. The molecule has 132 valence electrons. The van der Waals surface area contributed by atoms with Gasteiger partial charge in [-0.2, -0.15) is 0 Å². The van der Waals surface area contributed by atoms with Crippen molar-refractivity contribution in [2.75, 3.05) is 19.6 Å². The fourth-order valence-corrected chi connectivity index (χ4v) is 3.80. The largest absolute Gasteiger partial charge is 0.444 e. The number of likely N-dealkylation sites (tertiary alicyclic amines) is 2. The number of rotatable bonds is 3. The van der Waals surface area contributed by atoms with Crippen LogP contribution in [0.4, 0.5) is 4.79 Å². The van der Waals surface area contributed by atoms with Crippen molar-refractivity contribution in [3.05, 3.63) is 35.9 Å². The predicted molar refractivity (Wildman–Crippen MR) is 95.8 cm³/mol. The lowest BCUT2D eigenvalue weighted by Gasteiger charge is -2.48. The first-order chi connectivity index (χ1) is 11.4. The van der Waals surface area contributed by atoms with Gasteiger partial charge in [-0.05, 0) is 45.7 Å². The summed E-state index contributed by atoms with van der Waals surface area (Å²) in [6.07, 6.45) is 3.67. The molecule has 2 heterocycles. The minimum absolute atomic E-state index is 0.163. The van der Waals surface area contributed by atoms with Gasteiger partial charge in [0.15, 0.2) is 0 Å². The van der Waals surface area contributed by atoms with Gasteiger partial charge in [0.25, 0.3) is 0 Å². The van der Waals surface area contributed by atoms with Gasteiger partial charge in [0.1, 0.15) is 5.60 Å². The molecule has 1 amide bonds. The fraction of sp³-hybridized carbons (Fsp3) is 0.650. The first kappa shape index (κ1) is 17.3. The van der Waals surface area contributed by atoms with Gasteiger partial charge in [0, 0.05) is 31.6 Å². The van der Waals surface area contributed by atoms with Gasteiger partial charge < -0.3 is 9.64 Å². The predicted octanol–water partition coefficient (Wildman–Crippen LogP) is 3.91. The summed E-state index contributed by atoms with van der Waals surface area (Å²) in [5.41, 5.74) is 0.972. The first-order valence-corrected chi connectivity index (χ1v) is 9.18. The van der Waals surface area contributed by atoms with E-state index in [2.05, 4.69) is 35.2 Å². The van der Waals surface area contributed by atoms with Gasteiger partial charge in [-0.1, -0.05) is 36.8 Å². The molecule has 24 heavy (non-hydrogen) atoms. The molecule has 0 spiro atoms. The van der Waals surface area contributed by atoms with Gasteiger partial charge in [-0.3, -0.25) is 4.90 Å². The summed E-state index contributed by atoms with van der Waals surface area (Å²) in [4.78, 5) is 16.6. The number of piperidine rings is 1. The van der Waals surface area contributed by atoms with Crippen LogP contribution in [-0.2, 0) is 11.3 Å². The van der Waals surface area contributed by atoms with E-state index in [1.54, 1.807) is 0 Å². The molecule has 4 heteroatoms. The third-order valence-electron chi connectivity index (χ3n) is 5.00. The lowest BCUT2D eigenvalue weighted by atomic mass is 9.85. The molecule has 0 bridgehead atoms. The first-order valence-electron chi connectivity index (χ1n) is 9.18. The van der Waals surface area contributed by atoms with Crippen LogP contribution >= 0.6 is 0 Å². The Hall–Kier alpha value is -1.55. The number of benzene rings is 1. The van der Waals surface area contributed by atoms with Crippen molar-refractivity contribution >= 4 is 6.09 Å². The van der Waals surface area contributed by atoms with E-state index in [0.29, 0.717) is 12.0 Å². The summed E-state index contributed by atoms with van der Waals surface area (Å²) in [7, 11) is 0. The minimum Gasteiger partial charge on any atom is -0.444 e. The van der Waals surface area contributed by atoms with Gasteiger partial charge >= 0.3 is 6.09 Å². The molecule has 1 aromatic rings. The Morgan fingerprint density at radius 1 is 1.17 bits per heavy atom. The van der Waals surface area contributed by atoms with E-state index in [1.165, 1.54) is 31.4 Å². The Kier molecular flexibility index (Phi) is 5.14. The summed E-state index contributed by atoms with van der Waals surface area (Å²) in [5, 5.41) is 0. The van der Waals surface area contributed by atoms with Crippen LogP contribution in [0.1, 0.15) is 45.6 Å². The summed E-state index contributed by atoms with van der Waals surface area (Å²) >= 11 is 0. The smallest absolute Gasteiger partial charge is 0.410 e. The fourth-order valence-electron chi connectivity index (χ4n) is 3.80. The zero-order valence-corrected chi connectivity index (χ0v) is 15.2. The van der Waals surface area contributed by atoms with E-state index in [0.717, 1.165) is 19.6 Å². The molecule has 0 aliphatic carbocycles. The standard InChI is InChI=1S/C20H30N2O2/c1-20(2,3)24-19(23)22-14-17(15-22)18-11-7-8-12-21(18)13-16-9-5-4-6-10-16/h4-6,9-10,17-18H,7-8,11-15H2,1-3H3. The monoisotopic (exact) mass is 330 g/mol. The highest BCUT2D eigenvalue weighted by Crippen LogP contribution is 2.31. The molecule has 4 nitrogen and oxygen atoms in total. The molecule has 1 unspecified atom stereocenters. The van der Waals surface area contributed by atoms with Crippen LogP contribution in [0.5, 0.6) is 0 Å². The van der Waals surface area contributed by atoms with Crippen molar-refractivity contribution in [1.29, 1.82) is 0 Å². The average molecular weight is 330 g/mol. The van der Waals surface area contributed by atoms with Crippen molar-refractivity contribution in [2.24, 2.45) is 5.92 Å². The lowest BCUT2D eigenvalue weighted by molar-refractivity contribution is -0.0280. The van der Waals surface area contributed by atoms with Crippen molar-refractivity contribution in [3.8, 4) is 0 Å². The number of hydrogen-bond acceptors (Lipinski definition) is 3. The Morgan fingerprint density at radius 3 is 2.54 bits per heavy atom. The van der Waals surface area contributed by atoms with Crippen molar-refractivity contribution in [2.45, 2.75) is 58.2 Å². The number of carbonyl (C=O) groups is 1. The van der Waals surface area contributed by atoms with Crippen molar-refractivity contribution in [3.63, 3.8) is 0 Å². The van der Waals surface area contributed by atoms with Gasteiger partial charge in [0.2, 0.25) is 0 Å². The maximum Gasteiger partial charge on any atom is 0.410 e. The topological polar surface area (TPSA) is 32.8 Å². The summed E-state index contributed by atoms with van der Waals surface area (Å²) in [6.45, 7) is 9.63. The number of amides is 1.